The third kappa shape index (κ3) is 2.88. The van der Waals surface area contributed by atoms with Crippen molar-refractivity contribution < 1.29 is 4.39 Å². The number of benzene rings is 1. The molecular formula is C20H22BFN6. The van der Waals surface area contributed by atoms with Crippen LogP contribution in [0.25, 0.3) is 27.7 Å². The Morgan fingerprint density at radius 2 is 1.86 bits per heavy atom. The monoisotopic (exact) mass is 376 g/mol. The quantitative estimate of drug-likeness (QED) is 0.505. The molecule has 0 radical (unpaired) electrons. The molecule has 0 N–H and O–H groups in total. The largest absolute Gasteiger partial charge is 0.349 e. The van der Waals surface area contributed by atoms with E-state index < -0.39 is 0 Å². The number of aryl methyl sites for hydroxylation is 2. The predicted molar refractivity (Wildman–Crippen MR) is 110 cm³/mol. The molecule has 6 nitrogen and oxygen atoms in total. The van der Waals surface area contributed by atoms with Crippen molar-refractivity contribution in [2.75, 3.05) is 13.1 Å². The predicted octanol–water partition coefficient (Wildman–Crippen LogP) is 2.69. The Morgan fingerprint density at radius 3 is 2.64 bits per heavy atom. The summed E-state index contributed by atoms with van der Waals surface area (Å²) in [6.07, 6.45) is 5.94. The summed E-state index contributed by atoms with van der Waals surface area (Å²) in [5.74, 6) is -0.303. The maximum absolute atomic E-state index is 14.8. The second-order valence-corrected chi connectivity index (χ2v) is 7.87. The highest BCUT2D eigenvalue weighted by molar-refractivity contribution is 6.04. The summed E-state index contributed by atoms with van der Waals surface area (Å²) in [5, 5.41) is 10.0. The van der Waals surface area contributed by atoms with Gasteiger partial charge >= 0.3 is 0 Å². The summed E-state index contributed by atoms with van der Waals surface area (Å²) >= 11 is 0. The number of fused-ring (bicyclic) bond motifs is 2. The summed E-state index contributed by atoms with van der Waals surface area (Å²) in [4.78, 5) is 6.80. The summed E-state index contributed by atoms with van der Waals surface area (Å²) in [7, 11) is 2.13. The second kappa shape index (κ2) is 6.41. The Kier molecular flexibility index (Phi) is 3.98. The lowest BCUT2D eigenvalue weighted by Gasteiger charge is -2.29. The molecule has 5 rings (SSSR count). The number of hydrogen-bond acceptors (Lipinski definition) is 4. The molecular weight excluding hydrogens is 354 g/mol. The van der Waals surface area contributed by atoms with Crippen LogP contribution < -0.4 is 0 Å². The summed E-state index contributed by atoms with van der Waals surface area (Å²) in [6, 6.07) is 5.81. The van der Waals surface area contributed by atoms with Crippen molar-refractivity contribution in [1.82, 2.24) is 29.2 Å². The van der Waals surface area contributed by atoms with Gasteiger partial charge in [0.25, 0.3) is 0 Å². The molecule has 4 aromatic rings. The molecule has 1 aliphatic heterocycles. The lowest BCUT2D eigenvalue weighted by molar-refractivity contribution is 0.269. The summed E-state index contributed by atoms with van der Waals surface area (Å²) in [6.45, 7) is 5.99. The highest BCUT2D eigenvalue weighted by atomic mass is 19.1. The number of hydrogen-bond donors (Lipinski definition) is 0. The summed E-state index contributed by atoms with van der Waals surface area (Å²) in [5.41, 5.74) is 4.68. The van der Waals surface area contributed by atoms with Gasteiger partial charge in [-0.05, 0) is 58.0 Å². The molecule has 0 saturated carbocycles. The van der Waals surface area contributed by atoms with Gasteiger partial charge in [0.15, 0.2) is 13.8 Å². The third-order valence-electron chi connectivity index (χ3n) is 5.70. The highest BCUT2D eigenvalue weighted by Crippen LogP contribution is 2.29. The molecule has 1 aliphatic rings. The van der Waals surface area contributed by atoms with Crippen LogP contribution in [0.5, 0.6) is 0 Å². The van der Waals surface area contributed by atoms with Crippen molar-refractivity contribution >= 4 is 24.4 Å². The van der Waals surface area contributed by atoms with E-state index in [1.54, 1.807) is 0 Å². The van der Waals surface area contributed by atoms with Crippen molar-refractivity contribution in [1.29, 1.82) is 0 Å². The number of halogens is 1. The van der Waals surface area contributed by atoms with E-state index in [9.17, 15) is 4.39 Å². The molecule has 4 heterocycles. The van der Waals surface area contributed by atoms with Crippen LogP contribution in [0.1, 0.15) is 30.3 Å². The molecule has 3 aromatic heterocycles. The van der Waals surface area contributed by atoms with Crippen molar-refractivity contribution in [2.24, 2.45) is 0 Å². The van der Waals surface area contributed by atoms with Gasteiger partial charge in [-0.25, -0.2) is 8.91 Å². The highest BCUT2D eigenvalue weighted by Gasteiger charge is 2.20. The smallest absolute Gasteiger partial charge is 0.185 e. The van der Waals surface area contributed by atoms with E-state index in [0.717, 1.165) is 59.5 Å². The fourth-order valence-electron chi connectivity index (χ4n) is 4.14. The minimum atomic E-state index is -0.303. The second-order valence-electron chi connectivity index (χ2n) is 7.87. The van der Waals surface area contributed by atoms with Gasteiger partial charge in [0, 0.05) is 17.1 Å². The number of rotatable bonds is 2. The minimum Gasteiger partial charge on any atom is -0.349 e. The maximum Gasteiger partial charge on any atom is 0.185 e. The van der Waals surface area contributed by atoms with E-state index in [1.165, 1.54) is 6.07 Å². The topological polar surface area (TPSA) is 51.2 Å². The van der Waals surface area contributed by atoms with Gasteiger partial charge in [0.2, 0.25) is 0 Å². The van der Waals surface area contributed by atoms with E-state index in [4.69, 9.17) is 0 Å². The van der Waals surface area contributed by atoms with Crippen LogP contribution in [-0.4, -0.2) is 50.3 Å². The van der Waals surface area contributed by atoms with Crippen LogP contribution in [0.4, 0.5) is 4.39 Å². The number of nitrogens with zero attached hydrogens (tertiary/aromatic N) is 6. The van der Waals surface area contributed by atoms with Gasteiger partial charge in [-0.1, -0.05) is 0 Å². The van der Waals surface area contributed by atoms with E-state index in [0.29, 0.717) is 11.6 Å². The van der Waals surface area contributed by atoms with Crippen molar-refractivity contribution in [3.8, 4) is 11.3 Å². The Labute approximate surface area is 163 Å². The first-order chi connectivity index (χ1) is 13.5. The van der Waals surface area contributed by atoms with Crippen LogP contribution in [0.3, 0.4) is 0 Å². The van der Waals surface area contributed by atoms with Gasteiger partial charge in [-0.3, -0.25) is 9.67 Å². The van der Waals surface area contributed by atoms with Gasteiger partial charge in [0.05, 0.1) is 34.8 Å². The van der Waals surface area contributed by atoms with Gasteiger partial charge in [-0.15, -0.1) is 0 Å². The molecule has 1 saturated heterocycles. The van der Waals surface area contributed by atoms with E-state index >= 15 is 0 Å². The van der Waals surface area contributed by atoms with Crippen LogP contribution in [0, 0.1) is 19.7 Å². The third-order valence-corrected chi connectivity index (χ3v) is 5.70. The van der Waals surface area contributed by atoms with Crippen molar-refractivity contribution in [3.63, 3.8) is 0 Å². The fraction of sp³-hybridized carbons (Fsp3) is 0.350. The van der Waals surface area contributed by atoms with Crippen LogP contribution in [0.15, 0.2) is 30.6 Å². The molecule has 1 fully saturated rings. The molecule has 8 heteroatoms. The van der Waals surface area contributed by atoms with E-state index in [-0.39, 0.29) is 5.82 Å². The first-order valence-corrected chi connectivity index (χ1v) is 9.69. The Morgan fingerprint density at radius 1 is 1.07 bits per heavy atom. The minimum absolute atomic E-state index is 0.303. The SMILES string of the molecule is BN1CCC(n2cc3cc(-c4cc5c(C)nc(C)cn5n4)cc(F)c3n2)CC1. The zero-order chi connectivity index (χ0) is 19.4. The van der Waals surface area contributed by atoms with Gasteiger partial charge in [0.1, 0.15) is 5.52 Å². The van der Waals surface area contributed by atoms with Crippen LogP contribution >= 0.6 is 0 Å². The van der Waals surface area contributed by atoms with Gasteiger partial charge < -0.3 is 4.81 Å². The Bertz CT molecular complexity index is 1190. The molecule has 0 bridgehead atoms. The Balaban J connectivity index is 1.57. The van der Waals surface area contributed by atoms with Crippen molar-refractivity contribution in [2.45, 2.75) is 32.7 Å². The fourth-order valence-corrected chi connectivity index (χ4v) is 4.14. The number of aromatic nitrogens is 5. The normalized spacial score (nSPS) is 16.4. The first kappa shape index (κ1) is 17.4. The van der Waals surface area contributed by atoms with Crippen LogP contribution in [0.2, 0.25) is 0 Å². The molecule has 142 valence electrons. The van der Waals surface area contributed by atoms with Crippen LogP contribution in [-0.2, 0) is 0 Å². The lowest BCUT2D eigenvalue weighted by Crippen LogP contribution is -2.32. The molecule has 0 amide bonds. The van der Waals surface area contributed by atoms with Crippen molar-refractivity contribution in [3.05, 3.63) is 47.8 Å². The first-order valence-electron chi connectivity index (χ1n) is 9.69. The zero-order valence-corrected chi connectivity index (χ0v) is 16.4. The summed E-state index contributed by atoms with van der Waals surface area (Å²) < 4.78 is 18.6. The maximum atomic E-state index is 14.8. The zero-order valence-electron chi connectivity index (χ0n) is 16.4. The molecule has 1 aromatic carbocycles. The standard InChI is InChI=1S/C20H22BFN6/c1-12-10-28-19(13(2)23-12)9-18(24-28)14-7-15-11-27(25-20(15)17(22)8-14)16-3-5-26(21)6-4-16/h7-11,16H,3-6,21H2,1-2H3. The molecule has 28 heavy (non-hydrogen) atoms. The average molecular weight is 376 g/mol. The lowest BCUT2D eigenvalue weighted by atomic mass is 10.0. The average Bonchev–Trinajstić information content (AvgIpc) is 3.27. The molecule has 0 aliphatic carbocycles. The molecule has 0 spiro atoms. The molecule has 0 unspecified atom stereocenters. The Hall–Kier alpha value is -2.74. The number of piperidine rings is 1. The van der Waals surface area contributed by atoms with E-state index in [2.05, 4.69) is 28.0 Å². The van der Waals surface area contributed by atoms with E-state index in [1.807, 2.05) is 47.6 Å². The van der Waals surface area contributed by atoms with Gasteiger partial charge in [-0.2, -0.15) is 10.2 Å². The molecule has 0 atom stereocenters.